The molecule has 0 heterocycles. The number of carbonyl (C=O) groups is 3. The number of Topliss-reactive ketones (excluding diaryl/α,β-unsaturated/α-hetero) is 1. The molecule has 112 valence electrons. The van der Waals surface area contributed by atoms with Gasteiger partial charge in [-0.1, -0.05) is 42.5 Å². The Balaban J connectivity index is 2.53. The summed E-state index contributed by atoms with van der Waals surface area (Å²) >= 11 is 0. The van der Waals surface area contributed by atoms with Crippen LogP contribution in [0.4, 0.5) is 0 Å². The van der Waals surface area contributed by atoms with Crippen molar-refractivity contribution in [2.45, 2.75) is 6.10 Å². The summed E-state index contributed by atoms with van der Waals surface area (Å²) in [5, 5.41) is 28.3. The van der Waals surface area contributed by atoms with E-state index in [1.807, 2.05) is 0 Å². The second-order valence-electron chi connectivity index (χ2n) is 4.52. The number of carbonyl (C=O) groups excluding carboxylic acids is 1. The smallest absolute Gasteiger partial charge is 0.337 e. The van der Waals surface area contributed by atoms with Crippen LogP contribution >= 0.6 is 0 Å². The van der Waals surface area contributed by atoms with E-state index in [0.29, 0.717) is 5.56 Å². The quantitative estimate of drug-likeness (QED) is 0.728. The van der Waals surface area contributed by atoms with Crippen LogP contribution in [0.25, 0.3) is 0 Å². The molecule has 0 aliphatic heterocycles. The van der Waals surface area contributed by atoms with E-state index in [9.17, 15) is 24.6 Å². The number of aromatic carboxylic acids is 2. The number of ketones is 1. The predicted octanol–water partition coefficient (Wildman–Crippen LogP) is 2.00. The van der Waals surface area contributed by atoms with Gasteiger partial charge in [-0.15, -0.1) is 0 Å². The van der Waals surface area contributed by atoms with Crippen molar-refractivity contribution in [1.29, 1.82) is 0 Å². The Morgan fingerprint density at radius 2 is 1.36 bits per heavy atom. The second kappa shape index (κ2) is 6.19. The minimum atomic E-state index is -1.57. The van der Waals surface area contributed by atoms with E-state index in [1.165, 1.54) is 24.3 Å². The molecule has 3 N–H and O–H groups in total. The van der Waals surface area contributed by atoms with Crippen molar-refractivity contribution in [3.05, 3.63) is 70.8 Å². The van der Waals surface area contributed by atoms with Crippen LogP contribution in [-0.4, -0.2) is 33.0 Å². The molecule has 2 aromatic rings. The largest absolute Gasteiger partial charge is 0.478 e. The van der Waals surface area contributed by atoms with Crippen LogP contribution in [0.2, 0.25) is 0 Å². The molecule has 2 aromatic carbocycles. The minimum Gasteiger partial charge on any atom is -0.478 e. The minimum absolute atomic E-state index is 0.296. The SMILES string of the molecule is O=C(O)c1cccc(C(=O)C(O)c2ccccc2)c1C(=O)O. The summed E-state index contributed by atoms with van der Waals surface area (Å²) in [6, 6.07) is 11.5. The average Bonchev–Trinajstić information content (AvgIpc) is 2.53. The number of hydrogen-bond donors (Lipinski definition) is 3. The lowest BCUT2D eigenvalue weighted by Crippen LogP contribution is -2.19. The van der Waals surface area contributed by atoms with Crippen molar-refractivity contribution in [2.24, 2.45) is 0 Å². The van der Waals surface area contributed by atoms with E-state index in [4.69, 9.17) is 5.11 Å². The average molecular weight is 300 g/mol. The second-order valence-corrected chi connectivity index (χ2v) is 4.52. The molecule has 0 radical (unpaired) electrons. The highest BCUT2D eigenvalue weighted by atomic mass is 16.4. The molecule has 0 spiro atoms. The molecule has 0 bridgehead atoms. The number of rotatable bonds is 5. The van der Waals surface area contributed by atoms with E-state index in [1.54, 1.807) is 18.2 Å². The van der Waals surface area contributed by atoms with Gasteiger partial charge in [-0.05, 0) is 11.6 Å². The topological polar surface area (TPSA) is 112 Å². The highest BCUT2D eigenvalue weighted by molar-refractivity contribution is 6.12. The summed E-state index contributed by atoms with van der Waals surface area (Å²) in [4.78, 5) is 34.8. The van der Waals surface area contributed by atoms with Crippen LogP contribution in [0.15, 0.2) is 48.5 Å². The Kier molecular flexibility index (Phi) is 4.33. The third-order valence-electron chi connectivity index (χ3n) is 3.14. The summed E-state index contributed by atoms with van der Waals surface area (Å²) in [6.07, 6.45) is -1.57. The third-order valence-corrected chi connectivity index (χ3v) is 3.14. The molecule has 6 heteroatoms. The van der Waals surface area contributed by atoms with Crippen LogP contribution in [0.1, 0.15) is 42.7 Å². The Labute approximate surface area is 125 Å². The molecule has 6 nitrogen and oxygen atoms in total. The van der Waals surface area contributed by atoms with E-state index in [-0.39, 0.29) is 5.56 Å². The van der Waals surface area contributed by atoms with Crippen LogP contribution < -0.4 is 0 Å². The summed E-state index contributed by atoms with van der Waals surface area (Å²) in [7, 11) is 0. The Morgan fingerprint density at radius 3 is 1.91 bits per heavy atom. The Bertz CT molecular complexity index is 736. The lowest BCUT2D eigenvalue weighted by Gasteiger charge is -2.13. The van der Waals surface area contributed by atoms with E-state index < -0.39 is 35.0 Å². The Morgan fingerprint density at radius 1 is 0.773 bits per heavy atom. The Hall–Kier alpha value is -2.99. The molecule has 1 unspecified atom stereocenters. The molecular formula is C16H12O6. The molecule has 0 aliphatic carbocycles. The number of benzene rings is 2. The van der Waals surface area contributed by atoms with Gasteiger partial charge >= 0.3 is 11.9 Å². The van der Waals surface area contributed by atoms with Gasteiger partial charge in [0.05, 0.1) is 11.1 Å². The van der Waals surface area contributed by atoms with Crippen molar-refractivity contribution in [3.8, 4) is 0 Å². The first-order chi connectivity index (χ1) is 10.4. The van der Waals surface area contributed by atoms with E-state index in [2.05, 4.69) is 0 Å². The summed E-state index contributed by atoms with van der Waals surface area (Å²) in [6.45, 7) is 0. The third kappa shape index (κ3) is 2.87. The van der Waals surface area contributed by atoms with Gasteiger partial charge in [-0.25, -0.2) is 9.59 Å². The summed E-state index contributed by atoms with van der Waals surface area (Å²) < 4.78 is 0. The van der Waals surface area contributed by atoms with Crippen LogP contribution in [0.3, 0.4) is 0 Å². The van der Waals surface area contributed by atoms with Crippen LogP contribution in [0.5, 0.6) is 0 Å². The van der Waals surface area contributed by atoms with Crippen LogP contribution in [0, 0.1) is 0 Å². The van der Waals surface area contributed by atoms with Crippen LogP contribution in [-0.2, 0) is 0 Å². The van der Waals surface area contributed by atoms with Crippen molar-refractivity contribution < 1.29 is 29.7 Å². The standard InChI is InChI=1S/C16H12O6/c17-13(9-5-2-1-3-6-9)14(18)10-7-4-8-11(15(19)20)12(10)16(21)22/h1-8,13,17H,(H,19,20)(H,21,22). The molecule has 22 heavy (non-hydrogen) atoms. The molecular weight excluding hydrogens is 288 g/mol. The monoisotopic (exact) mass is 300 g/mol. The molecule has 0 saturated heterocycles. The highest BCUT2D eigenvalue weighted by Gasteiger charge is 2.27. The maximum absolute atomic E-state index is 12.3. The zero-order chi connectivity index (χ0) is 16.3. The van der Waals surface area contributed by atoms with Gasteiger partial charge in [-0.2, -0.15) is 0 Å². The fraction of sp³-hybridized carbons (Fsp3) is 0.0625. The van der Waals surface area contributed by atoms with Gasteiger partial charge < -0.3 is 15.3 Å². The molecule has 1 atom stereocenters. The van der Waals surface area contributed by atoms with E-state index >= 15 is 0 Å². The maximum atomic E-state index is 12.3. The molecule has 2 rings (SSSR count). The number of aliphatic hydroxyl groups is 1. The van der Waals surface area contributed by atoms with Gasteiger partial charge in [0.2, 0.25) is 0 Å². The first-order valence-corrected chi connectivity index (χ1v) is 6.30. The first kappa shape index (κ1) is 15.4. The highest BCUT2D eigenvalue weighted by Crippen LogP contribution is 2.23. The van der Waals surface area contributed by atoms with Crippen molar-refractivity contribution in [3.63, 3.8) is 0 Å². The number of hydrogen-bond acceptors (Lipinski definition) is 4. The van der Waals surface area contributed by atoms with Gasteiger partial charge in [0.15, 0.2) is 5.78 Å². The molecule has 0 saturated carbocycles. The molecule has 0 aliphatic rings. The lowest BCUT2D eigenvalue weighted by atomic mass is 9.93. The fourth-order valence-electron chi connectivity index (χ4n) is 2.10. The number of carboxylic acid groups (broad SMARTS) is 2. The van der Waals surface area contributed by atoms with Gasteiger partial charge in [-0.3, -0.25) is 4.79 Å². The number of carboxylic acids is 2. The van der Waals surface area contributed by atoms with Crippen molar-refractivity contribution >= 4 is 17.7 Å². The maximum Gasteiger partial charge on any atom is 0.337 e. The normalized spacial score (nSPS) is 11.7. The zero-order valence-electron chi connectivity index (χ0n) is 11.3. The van der Waals surface area contributed by atoms with Crippen molar-refractivity contribution in [2.75, 3.05) is 0 Å². The van der Waals surface area contributed by atoms with Crippen molar-refractivity contribution in [1.82, 2.24) is 0 Å². The predicted molar refractivity (Wildman–Crippen MR) is 76.1 cm³/mol. The van der Waals surface area contributed by atoms with Gasteiger partial charge in [0, 0.05) is 5.56 Å². The molecule has 0 aromatic heterocycles. The summed E-state index contributed by atoms with van der Waals surface area (Å²) in [5.74, 6) is -3.87. The first-order valence-electron chi connectivity index (χ1n) is 6.30. The fourth-order valence-corrected chi connectivity index (χ4v) is 2.10. The summed E-state index contributed by atoms with van der Waals surface area (Å²) in [5.41, 5.74) is -1.18. The molecule has 0 amide bonds. The van der Waals surface area contributed by atoms with E-state index in [0.717, 1.165) is 6.07 Å². The zero-order valence-corrected chi connectivity index (χ0v) is 11.3. The van der Waals surface area contributed by atoms with Gasteiger partial charge in [0.1, 0.15) is 6.10 Å². The van der Waals surface area contributed by atoms with Gasteiger partial charge in [0.25, 0.3) is 0 Å². The molecule has 0 fully saturated rings. The number of aliphatic hydroxyl groups excluding tert-OH is 1. The lowest BCUT2D eigenvalue weighted by molar-refractivity contribution is 0.0643.